The number of piperazine rings is 1. The summed E-state index contributed by atoms with van der Waals surface area (Å²) in [6, 6.07) is 3.54. The first-order valence-electron chi connectivity index (χ1n) is 8.94. The lowest BCUT2D eigenvalue weighted by Gasteiger charge is -2.34. The second kappa shape index (κ2) is 8.95. The Balaban J connectivity index is 1.47. The zero-order valence-corrected chi connectivity index (χ0v) is 16.3. The molecule has 2 saturated heterocycles. The van der Waals surface area contributed by atoms with E-state index in [9.17, 15) is 12.8 Å². The van der Waals surface area contributed by atoms with Crippen LogP contribution in [-0.2, 0) is 14.8 Å². The maximum atomic E-state index is 13.3. The first-order valence-corrected chi connectivity index (χ1v) is 10.8. The Morgan fingerprint density at radius 3 is 2.23 bits per heavy atom. The van der Waals surface area contributed by atoms with Crippen molar-refractivity contribution in [2.24, 2.45) is 0 Å². The summed E-state index contributed by atoms with van der Waals surface area (Å²) in [5.74, 6) is -0.615. The minimum Gasteiger partial charge on any atom is -0.379 e. The molecule has 2 heterocycles. The first kappa shape index (κ1) is 20.0. The number of morpholine rings is 1. The summed E-state index contributed by atoms with van der Waals surface area (Å²) in [6.45, 7) is 7.91. The summed E-state index contributed by atoms with van der Waals surface area (Å²) >= 11 is 5.73. The average Bonchev–Trinajstić information content (AvgIpc) is 2.65. The number of nitrogens with zero attached hydrogens (tertiary/aromatic N) is 3. The van der Waals surface area contributed by atoms with Gasteiger partial charge in [0.25, 0.3) is 0 Å². The van der Waals surface area contributed by atoms with Crippen LogP contribution in [0.15, 0.2) is 23.1 Å². The van der Waals surface area contributed by atoms with E-state index in [4.69, 9.17) is 16.3 Å². The van der Waals surface area contributed by atoms with Crippen LogP contribution in [0.4, 0.5) is 4.39 Å². The van der Waals surface area contributed by atoms with Gasteiger partial charge in [0, 0.05) is 39.3 Å². The van der Waals surface area contributed by atoms with Crippen molar-refractivity contribution >= 4 is 21.6 Å². The molecule has 9 heteroatoms. The third kappa shape index (κ3) is 4.94. The van der Waals surface area contributed by atoms with Crippen LogP contribution in [0.2, 0.25) is 5.02 Å². The fourth-order valence-electron chi connectivity index (χ4n) is 3.32. The lowest BCUT2D eigenvalue weighted by Crippen LogP contribution is -2.49. The van der Waals surface area contributed by atoms with Crippen LogP contribution >= 0.6 is 11.6 Å². The third-order valence-corrected chi connectivity index (χ3v) is 7.10. The van der Waals surface area contributed by atoms with Crippen molar-refractivity contribution in [3.63, 3.8) is 0 Å². The van der Waals surface area contributed by atoms with Gasteiger partial charge in [0.2, 0.25) is 10.0 Å². The Morgan fingerprint density at radius 2 is 1.62 bits per heavy atom. The molecule has 0 unspecified atom stereocenters. The van der Waals surface area contributed by atoms with Crippen molar-refractivity contribution in [3.05, 3.63) is 29.0 Å². The Labute approximate surface area is 159 Å². The number of sulfonamides is 1. The molecule has 26 heavy (non-hydrogen) atoms. The number of ether oxygens (including phenoxy) is 1. The molecule has 0 aliphatic carbocycles. The highest BCUT2D eigenvalue weighted by atomic mass is 35.5. The van der Waals surface area contributed by atoms with E-state index in [0.717, 1.165) is 51.9 Å². The largest absolute Gasteiger partial charge is 0.379 e. The first-order chi connectivity index (χ1) is 12.5. The summed E-state index contributed by atoms with van der Waals surface area (Å²) in [7, 11) is -3.63. The quantitative estimate of drug-likeness (QED) is 0.718. The number of hydrogen-bond acceptors (Lipinski definition) is 5. The average molecular weight is 406 g/mol. The van der Waals surface area contributed by atoms with E-state index >= 15 is 0 Å². The Kier molecular flexibility index (Phi) is 6.87. The van der Waals surface area contributed by atoms with Crippen LogP contribution in [0.25, 0.3) is 0 Å². The molecule has 0 bridgehead atoms. The van der Waals surface area contributed by atoms with Gasteiger partial charge in [-0.25, -0.2) is 12.8 Å². The predicted octanol–water partition coefficient (Wildman–Crippen LogP) is 1.51. The van der Waals surface area contributed by atoms with E-state index in [0.29, 0.717) is 26.2 Å². The molecule has 2 fully saturated rings. The maximum Gasteiger partial charge on any atom is 0.243 e. The molecule has 0 amide bonds. The monoisotopic (exact) mass is 405 g/mol. The molecule has 1 aromatic rings. The zero-order chi connectivity index (χ0) is 18.6. The fourth-order valence-corrected chi connectivity index (χ4v) is 5.02. The van der Waals surface area contributed by atoms with E-state index in [2.05, 4.69) is 9.80 Å². The van der Waals surface area contributed by atoms with Crippen LogP contribution in [0.5, 0.6) is 0 Å². The topological polar surface area (TPSA) is 53.1 Å². The van der Waals surface area contributed by atoms with Crippen LogP contribution in [-0.4, -0.2) is 88.1 Å². The van der Waals surface area contributed by atoms with Crippen molar-refractivity contribution in [1.29, 1.82) is 0 Å². The Hall–Kier alpha value is -0.770. The number of hydrogen-bond donors (Lipinski definition) is 0. The standard InChI is InChI=1S/C17H25ClFN3O3S/c18-16-14-15(2-3-17(16)19)26(23,24)22-8-6-20(7-9-22)4-1-5-21-10-12-25-13-11-21/h2-3,14H,1,4-13H2. The lowest BCUT2D eigenvalue weighted by atomic mass is 10.3. The van der Waals surface area contributed by atoms with Gasteiger partial charge >= 0.3 is 0 Å². The van der Waals surface area contributed by atoms with Crippen LogP contribution in [0.3, 0.4) is 0 Å². The van der Waals surface area contributed by atoms with E-state index in [1.54, 1.807) is 0 Å². The van der Waals surface area contributed by atoms with Gasteiger partial charge in [0.1, 0.15) is 5.82 Å². The molecule has 146 valence electrons. The second-order valence-corrected chi connectivity index (χ2v) is 8.97. The number of benzene rings is 1. The maximum absolute atomic E-state index is 13.3. The van der Waals surface area contributed by atoms with Gasteiger partial charge in [-0.2, -0.15) is 4.31 Å². The number of halogens is 2. The summed E-state index contributed by atoms with van der Waals surface area (Å²) in [6.07, 6.45) is 1.07. The van der Waals surface area contributed by atoms with Gasteiger partial charge < -0.3 is 9.64 Å². The summed E-state index contributed by atoms with van der Waals surface area (Å²) in [5, 5.41) is -0.173. The zero-order valence-electron chi connectivity index (χ0n) is 14.7. The fraction of sp³-hybridized carbons (Fsp3) is 0.647. The highest BCUT2D eigenvalue weighted by Gasteiger charge is 2.28. The minimum absolute atomic E-state index is 0.0460. The van der Waals surface area contributed by atoms with E-state index in [-0.39, 0.29) is 9.92 Å². The molecule has 3 rings (SSSR count). The molecule has 0 atom stereocenters. The molecular weight excluding hydrogens is 381 g/mol. The SMILES string of the molecule is O=S(=O)(c1ccc(F)c(Cl)c1)N1CCN(CCCN2CCOCC2)CC1. The summed E-state index contributed by atoms with van der Waals surface area (Å²) in [5.41, 5.74) is 0. The van der Waals surface area contributed by atoms with Crippen LogP contribution < -0.4 is 0 Å². The molecule has 0 radical (unpaired) electrons. The highest BCUT2D eigenvalue weighted by molar-refractivity contribution is 7.89. The number of rotatable bonds is 6. The van der Waals surface area contributed by atoms with Crippen molar-refractivity contribution < 1.29 is 17.5 Å². The predicted molar refractivity (Wildman–Crippen MR) is 98.5 cm³/mol. The minimum atomic E-state index is -3.63. The molecule has 2 aliphatic rings. The Bertz CT molecular complexity index is 705. The van der Waals surface area contributed by atoms with E-state index < -0.39 is 15.8 Å². The van der Waals surface area contributed by atoms with Crippen molar-refractivity contribution in [3.8, 4) is 0 Å². The van der Waals surface area contributed by atoms with Gasteiger partial charge in [0.15, 0.2) is 0 Å². The smallest absolute Gasteiger partial charge is 0.243 e. The Morgan fingerprint density at radius 1 is 1.00 bits per heavy atom. The van der Waals surface area contributed by atoms with Gasteiger partial charge in [-0.1, -0.05) is 11.6 Å². The highest BCUT2D eigenvalue weighted by Crippen LogP contribution is 2.23. The van der Waals surface area contributed by atoms with Crippen LogP contribution in [0, 0.1) is 5.82 Å². The normalized spacial score (nSPS) is 21.2. The summed E-state index contributed by atoms with van der Waals surface area (Å²) in [4.78, 5) is 4.75. The molecule has 1 aromatic carbocycles. The molecule has 0 N–H and O–H groups in total. The second-order valence-electron chi connectivity index (χ2n) is 6.63. The molecule has 2 aliphatic heterocycles. The van der Waals surface area contributed by atoms with Gasteiger partial charge in [-0.3, -0.25) is 4.90 Å². The molecule has 0 aromatic heterocycles. The van der Waals surface area contributed by atoms with Crippen molar-refractivity contribution in [1.82, 2.24) is 14.1 Å². The molecule has 0 saturated carbocycles. The lowest BCUT2D eigenvalue weighted by molar-refractivity contribution is 0.0356. The van der Waals surface area contributed by atoms with Gasteiger partial charge in [0.05, 0.1) is 23.1 Å². The van der Waals surface area contributed by atoms with Gasteiger partial charge in [-0.05, 0) is 37.7 Å². The van der Waals surface area contributed by atoms with Crippen molar-refractivity contribution in [2.75, 3.05) is 65.6 Å². The molecule has 0 spiro atoms. The van der Waals surface area contributed by atoms with E-state index in [1.807, 2.05) is 0 Å². The third-order valence-electron chi connectivity index (χ3n) is 4.91. The van der Waals surface area contributed by atoms with Crippen LogP contribution in [0.1, 0.15) is 6.42 Å². The molecular formula is C17H25ClFN3O3S. The summed E-state index contributed by atoms with van der Waals surface area (Å²) < 4.78 is 45.4. The van der Waals surface area contributed by atoms with Crippen molar-refractivity contribution in [2.45, 2.75) is 11.3 Å². The molecule has 6 nitrogen and oxygen atoms in total. The van der Waals surface area contributed by atoms with E-state index in [1.165, 1.54) is 16.4 Å². The van der Waals surface area contributed by atoms with Gasteiger partial charge in [-0.15, -0.1) is 0 Å².